The molecule has 3 rings (SSSR count). The van der Waals surface area contributed by atoms with E-state index in [1.54, 1.807) is 18.4 Å². The maximum Gasteiger partial charge on any atom is 0.163 e. The molecule has 102 valence electrons. The minimum Gasteiger partial charge on any atom is -0.378 e. The first-order valence-corrected chi connectivity index (χ1v) is 7.21. The average molecular weight is 285 g/mol. The van der Waals surface area contributed by atoms with Crippen molar-refractivity contribution in [3.63, 3.8) is 0 Å². The largest absolute Gasteiger partial charge is 0.378 e. The summed E-state index contributed by atoms with van der Waals surface area (Å²) in [5, 5.41) is 6.37. The number of anilines is 1. The van der Waals surface area contributed by atoms with Crippen LogP contribution in [0.25, 0.3) is 21.5 Å². The molecule has 1 N–H and O–H groups in total. The molecule has 0 aliphatic heterocycles. The number of methoxy groups -OCH3 is 1. The van der Waals surface area contributed by atoms with Crippen LogP contribution >= 0.6 is 11.3 Å². The van der Waals surface area contributed by atoms with E-state index < -0.39 is 0 Å². The number of nitrogens with one attached hydrogen (secondary N) is 1. The molecule has 0 atom stereocenters. The van der Waals surface area contributed by atoms with E-state index in [0.29, 0.717) is 6.61 Å². The minimum absolute atomic E-state index is 0.478. The fourth-order valence-corrected chi connectivity index (χ4v) is 3.06. The number of aromatic nitrogens is 2. The van der Waals surface area contributed by atoms with Crippen molar-refractivity contribution in [3.05, 3.63) is 41.4 Å². The van der Waals surface area contributed by atoms with Crippen LogP contribution in [0.1, 0.15) is 5.69 Å². The van der Waals surface area contributed by atoms with Crippen molar-refractivity contribution in [1.29, 1.82) is 0 Å². The van der Waals surface area contributed by atoms with Gasteiger partial charge in [-0.1, -0.05) is 18.2 Å². The Morgan fingerprint density at radius 1 is 1.25 bits per heavy atom. The summed E-state index contributed by atoms with van der Waals surface area (Å²) in [4.78, 5) is 9.15. The second-order valence-electron chi connectivity index (χ2n) is 4.40. The summed E-state index contributed by atoms with van der Waals surface area (Å²) in [6.45, 7) is 0.478. The summed E-state index contributed by atoms with van der Waals surface area (Å²) < 4.78 is 6.42. The highest BCUT2D eigenvalue weighted by Crippen LogP contribution is 2.32. The van der Waals surface area contributed by atoms with Gasteiger partial charge in [0.2, 0.25) is 0 Å². The predicted octanol–water partition coefficient (Wildman–Crippen LogP) is 3.55. The first-order chi connectivity index (χ1) is 9.81. The first kappa shape index (κ1) is 13.0. The van der Waals surface area contributed by atoms with Crippen LogP contribution in [0, 0.1) is 0 Å². The molecule has 0 unspecified atom stereocenters. The number of rotatable bonds is 4. The van der Waals surface area contributed by atoms with Crippen molar-refractivity contribution >= 4 is 27.2 Å². The van der Waals surface area contributed by atoms with Crippen molar-refractivity contribution in [1.82, 2.24) is 9.97 Å². The van der Waals surface area contributed by atoms with Gasteiger partial charge < -0.3 is 10.1 Å². The van der Waals surface area contributed by atoms with Gasteiger partial charge in [0.25, 0.3) is 0 Å². The first-order valence-electron chi connectivity index (χ1n) is 6.33. The lowest BCUT2D eigenvalue weighted by Crippen LogP contribution is -2.01. The van der Waals surface area contributed by atoms with Crippen molar-refractivity contribution in [2.24, 2.45) is 0 Å². The molecular weight excluding hydrogens is 270 g/mol. The Kier molecular flexibility index (Phi) is 3.62. The third-order valence-corrected chi connectivity index (χ3v) is 4.01. The summed E-state index contributed by atoms with van der Waals surface area (Å²) in [6.07, 6.45) is 0. The Morgan fingerprint density at radius 2 is 2.10 bits per heavy atom. The molecule has 0 spiro atoms. The quantitative estimate of drug-likeness (QED) is 0.796. The number of fused-ring (bicyclic) bond motifs is 1. The molecule has 3 aromatic rings. The SMILES string of the molecule is CNc1cc(COC)nc(-c2csc3ccccc23)n1. The number of thiophene rings is 1. The van der Waals surface area contributed by atoms with E-state index in [2.05, 4.69) is 32.8 Å². The third-order valence-electron chi connectivity index (χ3n) is 3.05. The standard InChI is InChI=1S/C15H15N3OS/c1-16-14-7-10(8-19-2)17-15(18-14)12-9-20-13-6-4-3-5-11(12)13/h3-7,9H,8H2,1-2H3,(H,16,17,18). The molecular formula is C15H15N3OS. The summed E-state index contributed by atoms with van der Waals surface area (Å²) in [5.41, 5.74) is 1.94. The predicted molar refractivity (Wildman–Crippen MR) is 83.1 cm³/mol. The lowest BCUT2D eigenvalue weighted by molar-refractivity contribution is 0.181. The number of nitrogens with zero attached hydrogens (tertiary/aromatic N) is 2. The molecule has 0 radical (unpaired) electrons. The van der Waals surface area contributed by atoms with E-state index >= 15 is 0 Å². The maximum atomic E-state index is 5.17. The van der Waals surface area contributed by atoms with Crippen molar-refractivity contribution in [3.8, 4) is 11.4 Å². The molecule has 2 aromatic heterocycles. The van der Waals surface area contributed by atoms with Gasteiger partial charge in [-0.15, -0.1) is 11.3 Å². The van der Waals surface area contributed by atoms with Crippen LogP contribution in [0.2, 0.25) is 0 Å². The molecule has 0 bridgehead atoms. The van der Waals surface area contributed by atoms with Crippen molar-refractivity contribution in [2.45, 2.75) is 6.61 Å². The fourth-order valence-electron chi connectivity index (χ4n) is 2.12. The van der Waals surface area contributed by atoms with Gasteiger partial charge in [0.1, 0.15) is 5.82 Å². The van der Waals surface area contributed by atoms with Gasteiger partial charge in [-0.25, -0.2) is 9.97 Å². The Hall–Kier alpha value is -1.98. The van der Waals surface area contributed by atoms with Gasteiger partial charge in [0, 0.05) is 41.3 Å². The van der Waals surface area contributed by atoms with Crippen molar-refractivity contribution in [2.75, 3.05) is 19.5 Å². The van der Waals surface area contributed by atoms with E-state index in [4.69, 9.17) is 4.74 Å². The highest BCUT2D eigenvalue weighted by molar-refractivity contribution is 7.17. The summed E-state index contributed by atoms with van der Waals surface area (Å²) in [6, 6.07) is 10.2. The Morgan fingerprint density at radius 3 is 2.90 bits per heavy atom. The second kappa shape index (κ2) is 5.56. The molecule has 5 heteroatoms. The fraction of sp³-hybridized carbons (Fsp3) is 0.200. The van der Waals surface area contributed by atoms with Crippen molar-refractivity contribution < 1.29 is 4.74 Å². The molecule has 0 aliphatic carbocycles. The van der Waals surface area contributed by atoms with E-state index in [0.717, 1.165) is 22.9 Å². The third kappa shape index (κ3) is 2.37. The van der Waals surface area contributed by atoms with Crippen LogP contribution in [0.15, 0.2) is 35.7 Å². The Balaban J connectivity index is 2.15. The lowest BCUT2D eigenvalue weighted by Gasteiger charge is -2.07. The number of benzene rings is 1. The molecule has 0 aliphatic rings. The van der Waals surface area contributed by atoms with E-state index in [1.165, 1.54) is 10.1 Å². The van der Waals surface area contributed by atoms with Gasteiger partial charge in [-0.3, -0.25) is 0 Å². The van der Waals surface area contributed by atoms with E-state index in [1.807, 2.05) is 25.2 Å². The molecule has 2 heterocycles. The molecule has 0 fully saturated rings. The number of hydrogen-bond donors (Lipinski definition) is 1. The molecule has 4 nitrogen and oxygen atoms in total. The maximum absolute atomic E-state index is 5.17. The van der Waals surface area contributed by atoms with E-state index in [9.17, 15) is 0 Å². The molecule has 1 aromatic carbocycles. The van der Waals surface area contributed by atoms with Crippen LogP contribution < -0.4 is 5.32 Å². The second-order valence-corrected chi connectivity index (χ2v) is 5.31. The molecule has 0 amide bonds. The zero-order valence-corrected chi connectivity index (χ0v) is 12.2. The van der Waals surface area contributed by atoms with Crippen LogP contribution in [-0.2, 0) is 11.3 Å². The van der Waals surface area contributed by atoms with Gasteiger partial charge in [-0.2, -0.15) is 0 Å². The van der Waals surface area contributed by atoms with Crippen LogP contribution in [0.5, 0.6) is 0 Å². The van der Waals surface area contributed by atoms with Gasteiger partial charge in [0.15, 0.2) is 5.82 Å². The highest BCUT2D eigenvalue weighted by atomic mass is 32.1. The average Bonchev–Trinajstić information content (AvgIpc) is 2.91. The van der Waals surface area contributed by atoms with Crippen LogP contribution in [0.4, 0.5) is 5.82 Å². The Bertz CT molecular complexity index is 739. The zero-order chi connectivity index (χ0) is 13.9. The smallest absolute Gasteiger partial charge is 0.163 e. The highest BCUT2D eigenvalue weighted by Gasteiger charge is 2.11. The van der Waals surface area contributed by atoms with Gasteiger partial charge in [0.05, 0.1) is 12.3 Å². The summed E-state index contributed by atoms with van der Waals surface area (Å²) in [5.74, 6) is 1.54. The topological polar surface area (TPSA) is 47.0 Å². The number of hydrogen-bond acceptors (Lipinski definition) is 5. The minimum atomic E-state index is 0.478. The summed E-state index contributed by atoms with van der Waals surface area (Å²) in [7, 11) is 3.52. The monoisotopic (exact) mass is 285 g/mol. The molecule has 0 saturated heterocycles. The zero-order valence-electron chi connectivity index (χ0n) is 11.4. The van der Waals surface area contributed by atoms with Gasteiger partial charge >= 0.3 is 0 Å². The van der Waals surface area contributed by atoms with E-state index in [-0.39, 0.29) is 0 Å². The number of ether oxygens (including phenoxy) is 1. The lowest BCUT2D eigenvalue weighted by atomic mass is 10.1. The molecule has 20 heavy (non-hydrogen) atoms. The van der Waals surface area contributed by atoms with Crippen LogP contribution in [0.3, 0.4) is 0 Å². The Labute approximate surface area is 121 Å². The summed E-state index contributed by atoms with van der Waals surface area (Å²) >= 11 is 1.71. The molecule has 0 saturated carbocycles. The van der Waals surface area contributed by atoms with Gasteiger partial charge in [-0.05, 0) is 6.07 Å². The van der Waals surface area contributed by atoms with Crippen LogP contribution in [-0.4, -0.2) is 24.1 Å². The normalized spacial score (nSPS) is 10.9.